The standard InChI is InChI=1S/C20H21N3O3/c1-12(2)10-22-11-21-18-17(19(22)24)16(13(3)26-18)20(25)23-9-8-14-6-4-5-7-15(14)23/h4-7,11-12H,8-10H2,1-3H3. The number of aryl methyl sites for hydroxylation is 1. The van der Waals surface area contributed by atoms with Gasteiger partial charge in [0.15, 0.2) is 0 Å². The van der Waals surface area contributed by atoms with Gasteiger partial charge in [-0.2, -0.15) is 0 Å². The van der Waals surface area contributed by atoms with Crippen LogP contribution in [-0.4, -0.2) is 22.0 Å². The first kappa shape index (κ1) is 16.6. The number of anilines is 1. The van der Waals surface area contributed by atoms with Gasteiger partial charge in [0.05, 0.1) is 5.56 Å². The highest BCUT2D eigenvalue weighted by molar-refractivity contribution is 6.14. The van der Waals surface area contributed by atoms with E-state index in [2.05, 4.69) is 4.98 Å². The van der Waals surface area contributed by atoms with Crippen molar-refractivity contribution in [1.82, 2.24) is 9.55 Å². The van der Waals surface area contributed by atoms with Crippen LogP contribution in [0, 0.1) is 12.8 Å². The number of carbonyl (C=O) groups is 1. The first-order chi connectivity index (χ1) is 12.5. The Bertz CT molecular complexity index is 1060. The molecule has 2 aromatic heterocycles. The number of benzene rings is 1. The Morgan fingerprint density at radius 1 is 1.31 bits per heavy atom. The van der Waals surface area contributed by atoms with Crippen LogP contribution in [-0.2, 0) is 13.0 Å². The van der Waals surface area contributed by atoms with E-state index in [1.165, 1.54) is 6.33 Å². The average molecular weight is 351 g/mol. The van der Waals surface area contributed by atoms with Crippen LogP contribution in [0.15, 0.2) is 39.8 Å². The van der Waals surface area contributed by atoms with E-state index in [1.54, 1.807) is 16.4 Å². The van der Waals surface area contributed by atoms with Gasteiger partial charge in [0.1, 0.15) is 17.5 Å². The molecule has 3 aromatic rings. The molecule has 0 N–H and O–H groups in total. The molecular weight excluding hydrogens is 330 g/mol. The van der Waals surface area contributed by atoms with E-state index in [1.807, 2.05) is 38.1 Å². The smallest absolute Gasteiger partial charge is 0.265 e. The Hall–Kier alpha value is -2.89. The van der Waals surface area contributed by atoms with Gasteiger partial charge in [0, 0.05) is 18.8 Å². The Labute approximate surface area is 151 Å². The predicted octanol–water partition coefficient (Wildman–Crippen LogP) is 3.16. The zero-order chi connectivity index (χ0) is 18.4. The van der Waals surface area contributed by atoms with Crippen LogP contribution in [0.25, 0.3) is 11.1 Å². The molecule has 0 saturated carbocycles. The van der Waals surface area contributed by atoms with Gasteiger partial charge in [-0.25, -0.2) is 4.98 Å². The predicted molar refractivity (Wildman–Crippen MR) is 99.7 cm³/mol. The van der Waals surface area contributed by atoms with Crippen LogP contribution >= 0.6 is 0 Å². The van der Waals surface area contributed by atoms with Crippen LogP contribution in [0.5, 0.6) is 0 Å². The summed E-state index contributed by atoms with van der Waals surface area (Å²) in [6.45, 7) is 6.93. The molecule has 0 unspecified atom stereocenters. The first-order valence-corrected chi connectivity index (χ1v) is 8.85. The molecule has 1 aromatic carbocycles. The van der Waals surface area contributed by atoms with Crippen molar-refractivity contribution in [2.75, 3.05) is 11.4 Å². The molecule has 0 fully saturated rings. The van der Waals surface area contributed by atoms with E-state index >= 15 is 0 Å². The fourth-order valence-corrected chi connectivity index (χ4v) is 3.60. The Morgan fingerprint density at radius 2 is 2.08 bits per heavy atom. The highest BCUT2D eigenvalue weighted by Gasteiger charge is 2.31. The van der Waals surface area contributed by atoms with Gasteiger partial charge in [0.2, 0.25) is 5.71 Å². The molecule has 6 nitrogen and oxygen atoms in total. The number of hydrogen-bond acceptors (Lipinski definition) is 4. The lowest BCUT2D eigenvalue weighted by molar-refractivity contribution is 0.0989. The van der Waals surface area contributed by atoms with Gasteiger partial charge in [-0.15, -0.1) is 0 Å². The van der Waals surface area contributed by atoms with Crippen molar-refractivity contribution in [3.63, 3.8) is 0 Å². The topological polar surface area (TPSA) is 68.3 Å². The van der Waals surface area contributed by atoms with E-state index in [4.69, 9.17) is 4.42 Å². The van der Waals surface area contributed by atoms with Crippen LogP contribution in [0.4, 0.5) is 5.69 Å². The number of aromatic nitrogens is 2. The number of hydrogen-bond donors (Lipinski definition) is 0. The second-order valence-electron chi connectivity index (χ2n) is 7.14. The van der Waals surface area contributed by atoms with Crippen LogP contribution < -0.4 is 10.5 Å². The lowest BCUT2D eigenvalue weighted by atomic mass is 10.1. The molecule has 4 rings (SSSR count). The van der Waals surface area contributed by atoms with Crippen molar-refractivity contribution < 1.29 is 9.21 Å². The zero-order valence-corrected chi connectivity index (χ0v) is 15.2. The summed E-state index contributed by atoms with van der Waals surface area (Å²) in [6.07, 6.45) is 2.31. The Kier molecular flexibility index (Phi) is 3.90. The van der Waals surface area contributed by atoms with Gasteiger partial charge in [-0.1, -0.05) is 32.0 Å². The van der Waals surface area contributed by atoms with Crippen LogP contribution in [0.2, 0.25) is 0 Å². The van der Waals surface area contributed by atoms with Crippen molar-refractivity contribution in [1.29, 1.82) is 0 Å². The first-order valence-electron chi connectivity index (χ1n) is 8.85. The lowest BCUT2D eigenvalue weighted by Crippen LogP contribution is -2.31. The maximum atomic E-state index is 13.3. The summed E-state index contributed by atoms with van der Waals surface area (Å²) in [5.74, 6) is 0.526. The van der Waals surface area contributed by atoms with Crippen molar-refractivity contribution in [3.05, 3.63) is 57.8 Å². The molecule has 0 bridgehead atoms. The summed E-state index contributed by atoms with van der Waals surface area (Å²) >= 11 is 0. The normalized spacial score (nSPS) is 13.6. The monoisotopic (exact) mass is 351 g/mol. The minimum atomic E-state index is -0.226. The van der Waals surface area contributed by atoms with Crippen LogP contribution in [0.3, 0.4) is 0 Å². The average Bonchev–Trinajstić information content (AvgIpc) is 3.17. The van der Waals surface area contributed by atoms with E-state index in [0.29, 0.717) is 30.3 Å². The summed E-state index contributed by atoms with van der Waals surface area (Å²) in [6, 6.07) is 7.86. The van der Waals surface area contributed by atoms with E-state index < -0.39 is 0 Å². The Morgan fingerprint density at radius 3 is 2.85 bits per heavy atom. The third-order valence-electron chi connectivity index (χ3n) is 4.76. The number of carbonyl (C=O) groups excluding carboxylic acids is 1. The second-order valence-corrected chi connectivity index (χ2v) is 7.14. The molecule has 0 aliphatic carbocycles. The lowest BCUT2D eigenvalue weighted by Gasteiger charge is -2.17. The van der Waals surface area contributed by atoms with Crippen molar-refractivity contribution in [2.24, 2.45) is 5.92 Å². The molecule has 1 aliphatic rings. The molecule has 0 spiro atoms. The van der Waals surface area contributed by atoms with Gasteiger partial charge in [-0.05, 0) is 30.9 Å². The molecule has 0 radical (unpaired) electrons. The third kappa shape index (κ3) is 2.53. The van der Waals surface area contributed by atoms with E-state index in [-0.39, 0.29) is 22.6 Å². The van der Waals surface area contributed by atoms with E-state index in [0.717, 1.165) is 17.7 Å². The molecule has 0 saturated heterocycles. The molecule has 1 amide bonds. The summed E-state index contributed by atoms with van der Waals surface area (Å²) in [5.41, 5.74) is 2.37. The SMILES string of the molecule is Cc1oc2ncn(CC(C)C)c(=O)c2c1C(=O)N1CCc2ccccc21. The summed E-state index contributed by atoms with van der Waals surface area (Å²) in [4.78, 5) is 32.2. The molecule has 134 valence electrons. The highest BCUT2D eigenvalue weighted by atomic mass is 16.3. The molecule has 1 aliphatic heterocycles. The van der Waals surface area contributed by atoms with Gasteiger partial charge in [0.25, 0.3) is 11.5 Å². The quantitative estimate of drug-likeness (QED) is 0.727. The zero-order valence-electron chi connectivity index (χ0n) is 15.2. The summed E-state index contributed by atoms with van der Waals surface area (Å²) in [5, 5.41) is 0.278. The molecule has 26 heavy (non-hydrogen) atoms. The molecular formula is C20H21N3O3. The fourth-order valence-electron chi connectivity index (χ4n) is 3.60. The maximum absolute atomic E-state index is 13.3. The van der Waals surface area contributed by atoms with Crippen molar-refractivity contribution in [2.45, 2.75) is 33.7 Å². The van der Waals surface area contributed by atoms with Crippen molar-refractivity contribution in [3.8, 4) is 0 Å². The minimum Gasteiger partial charge on any atom is -0.442 e. The molecule has 0 atom stereocenters. The van der Waals surface area contributed by atoms with Crippen LogP contribution in [0.1, 0.15) is 35.5 Å². The number of para-hydroxylation sites is 1. The van der Waals surface area contributed by atoms with Crippen molar-refractivity contribution >= 4 is 22.7 Å². The highest BCUT2D eigenvalue weighted by Crippen LogP contribution is 2.31. The minimum absolute atomic E-state index is 0.201. The Balaban J connectivity index is 1.85. The fraction of sp³-hybridized carbons (Fsp3) is 0.350. The number of nitrogens with zero attached hydrogens (tertiary/aromatic N) is 3. The summed E-state index contributed by atoms with van der Waals surface area (Å²) < 4.78 is 7.19. The number of amides is 1. The third-order valence-corrected chi connectivity index (χ3v) is 4.76. The van der Waals surface area contributed by atoms with Gasteiger partial charge < -0.3 is 9.32 Å². The molecule has 3 heterocycles. The van der Waals surface area contributed by atoms with E-state index in [9.17, 15) is 9.59 Å². The summed E-state index contributed by atoms with van der Waals surface area (Å²) in [7, 11) is 0. The number of fused-ring (bicyclic) bond motifs is 2. The maximum Gasteiger partial charge on any atom is 0.265 e. The number of rotatable bonds is 3. The molecule has 6 heteroatoms. The number of furan rings is 1. The van der Waals surface area contributed by atoms with Gasteiger partial charge in [-0.3, -0.25) is 14.2 Å². The van der Waals surface area contributed by atoms with Gasteiger partial charge >= 0.3 is 0 Å². The second kappa shape index (κ2) is 6.12. The largest absolute Gasteiger partial charge is 0.442 e.